The van der Waals surface area contributed by atoms with Crippen molar-refractivity contribution in [3.8, 4) is 0 Å². The van der Waals surface area contributed by atoms with Gasteiger partial charge in [-0.3, -0.25) is 19.3 Å². The van der Waals surface area contributed by atoms with Crippen LogP contribution in [0.3, 0.4) is 0 Å². The maximum atomic E-state index is 12.5. The van der Waals surface area contributed by atoms with Gasteiger partial charge in [-0.15, -0.1) is 0 Å². The van der Waals surface area contributed by atoms with Crippen molar-refractivity contribution in [3.63, 3.8) is 0 Å². The average molecular weight is 347 g/mol. The molecule has 0 atom stereocenters. The summed E-state index contributed by atoms with van der Waals surface area (Å²) in [7, 11) is 3.49. The van der Waals surface area contributed by atoms with Crippen LogP contribution in [0, 0.1) is 0 Å². The summed E-state index contributed by atoms with van der Waals surface area (Å²) in [6, 6.07) is 0. The Labute approximate surface area is 147 Å². The van der Waals surface area contributed by atoms with Gasteiger partial charge in [0.1, 0.15) is 6.54 Å². The molecule has 3 heterocycles. The van der Waals surface area contributed by atoms with Crippen molar-refractivity contribution in [2.45, 2.75) is 12.8 Å². The molecule has 0 aliphatic carbocycles. The zero-order valence-electron chi connectivity index (χ0n) is 14.8. The SMILES string of the molecule is CN=C(NCC(=O)N1CCCC1)N1CCN(c2cnn(C)c2)C(=O)C1. The molecule has 2 amide bonds. The maximum absolute atomic E-state index is 12.5. The Morgan fingerprint density at radius 3 is 2.60 bits per heavy atom. The smallest absolute Gasteiger partial charge is 0.246 e. The summed E-state index contributed by atoms with van der Waals surface area (Å²) in [5, 5.41) is 7.21. The molecule has 136 valence electrons. The van der Waals surface area contributed by atoms with Crippen LogP contribution in [-0.4, -0.2) is 83.7 Å². The molecule has 0 aromatic carbocycles. The van der Waals surface area contributed by atoms with E-state index in [-0.39, 0.29) is 24.9 Å². The van der Waals surface area contributed by atoms with Gasteiger partial charge in [0, 0.05) is 46.5 Å². The molecule has 0 bridgehead atoms. The molecule has 2 saturated heterocycles. The highest BCUT2D eigenvalue weighted by Crippen LogP contribution is 2.16. The average Bonchev–Trinajstić information content (AvgIpc) is 3.27. The van der Waals surface area contributed by atoms with Gasteiger partial charge in [-0.1, -0.05) is 0 Å². The third-order valence-electron chi connectivity index (χ3n) is 4.59. The van der Waals surface area contributed by atoms with Gasteiger partial charge in [0.2, 0.25) is 11.8 Å². The predicted octanol–water partition coefficient (Wildman–Crippen LogP) is -0.733. The van der Waals surface area contributed by atoms with Crippen LogP contribution in [-0.2, 0) is 16.6 Å². The number of aromatic nitrogens is 2. The van der Waals surface area contributed by atoms with Crippen molar-refractivity contribution >= 4 is 23.5 Å². The highest BCUT2D eigenvalue weighted by Gasteiger charge is 2.28. The lowest BCUT2D eigenvalue weighted by Gasteiger charge is -2.35. The Balaban J connectivity index is 1.54. The van der Waals surface area contributed by atoms with Gasteiger partial charge in [0.15, 0.2) is 5.96 Å². The van der Waals surface area contributed by atoms with E-state index in [1.807, 2.05) is 23.0 Å². The minimum atomic E-state index is -0.00642. The van der Waals surface area contributed by atoms with Crippen LogP contribution in [0.5, 0.6) is 0 Å². The van der Waals surface area contributed by atoms with E-state index in [9.17, 15) is 9.59 Å². The lowest BCUT2D eigenvalue weighted by atomic mass is 10.3. The molecular weight excluding hydrogens is 322 g/mol. The molecule has 2 fully saturated rings. The first-order valence-corrected chi connectivity index (χ1v) is 8.61. The van der Waals surface area contributed by atoms with Crippen molar-refractivity contribution < 1.29 is 9.59 Å². The van der Waals surface area contributed by atoms with Crippen molar-refractivity contribution in [1.82, 2.24) is 24.9 Å². The molecule has 25 heavy (non-hydrogen) atoms. The van der Waals surface area contributed by atoms with E-state index in [2.05, 4.69) is 15.4 Å². The van der Waals surface area contributed by atoms with E-state index >= 15 is 0 Å². The summed E-state index contributed by atoms with van der Waals surface area (Å²) in [6.45, 7) is 3.32. The monoisotopic (exact) mass is 347 g/mol. The molecule has 2 aliphatic rings. The van der Waals surface area contributed by atoms with Gasteiger partial charge in [0.05, 0.1) is 18.4 Å². The fraction of sp³-hybridized carbons (Fsp3) is 0.625. The fourth-order valence-corrected chi connectivity index (χ4v) is 3.24. The molecule has 0 saturated carbocycles. The lowest BCUT2D eigenvalue weighted by molar-refractivity contribution is -0.128. The van der Waals surface area contributed by atoms with Crippen LogP contribution >= 0.6 is 0 Å². The predicted molar refractivity (Wildman–Crippen MR) is 94.3 cm³/mol. The first kappa shape index (κ1) is 17.2. The number of carbonyl (C=O) groups is 2. The van der Waals surface area contributed by atoms with Crippen molar-refractivity contribution in [1.29, 1.82) is 0 Å². The number of amides is 2. The second kappa shape index (κ2) is 7.54. The summed E-state index contributed by atoms with van der Waals surface area (Å²) >= 11 is 0. The lowest BCUT2D eigenvalue weighted by Crippen LogP contribution is -2.56. The highest BCUT2D eigenvalue weighted by molar-refractivity contribution is 5.98. The number of rotatable bonds is 3. The van der Waals surface area contributed by atoms with Crippen molar-refractivity contribution in [2.24, 2.45) is 12.0 Å². The molecule has 9 heteroatoms. The third-order valence-corrected chi connectivity index (χ3v) is 4.59. The molecular formula is C16H25N7O2. The van der Waals surface area contributed by atoms with Crippen LogP contribution in [0.1, 0.15) is 12.8 Å². The molecule has 0 radical (unpaired) electrons. The molecule has 2 aliphatic heterocycles. The second-order valence-electron chi connectivity index (χ2n) is 6.33. The van der Waals surface area contributed by atoms with Crippen LogP contribution in [0.4, 0.5) is 5.69 Å². The van der Waals surface area contributed by atoms with Crippen LogP contribution in [0.15, 0.2) is 17.4 Å². The summed E-state index contributed by atoms with van der Waals surface area (Å²) in [4.78, 5) is 34.3. The number of nitrogens with zero attached hydrogens (tertiary/aromatic N) is 6. The zero-order chi connectivity index (χ0) is 17.8. The zero-order valence-corrected chi connectivity index (χ0v) is 14.8. The number of carbonyl (C=O) groups excluding carboxylic acids is 2. The molecule has 0 spiro atoms. The fourth-order valence-electron chi connectivity index (χ4n) is 3.24. The first-order chi connectivity index (χ1) is 12.1. The minimum absolute atomic E-state index is 0.00642. The van der Waals surface area contributed by atoms with E-state index in [4.69, 9.17) is 0 Å². The van der Waals surface area contributed by atoms with Crippen LogP contribution in [0.25, 0.3) is 0 Å². The molecule has 3 rings (SSSR count). The molecule has 1 aromatic heterocycles. The Morgan fingerprint density at radius 1 is 1.24 bits per heavy atom. The Kier molecular flexibility index (Phi) is 5.20. The summed E-state index contributed by atoms with van der Waals surface area (Å²) in [5.41, 5.74) is 0.805. The van der Waals surface area contributed by atoms with Crippen molar-refractivity contribution in [2.75, 3.05) is 51.2 Å². The summed E-state index contributed by atoms with van der Waals surface area (Å²) in [6.07, 6.45) is 5.67. The molecule has 1 N–H and O–H groups in total. The number of aliphatic imine (C=N–C) groups is 1. The van der Waals surface area contributed by atoms with Gasteiger partial charge in [0.25, 0.3) is 0 Å². The number of aryl methyl sites for hydroxylation is 1. The maximum Gasteiger partial charge on any atom is 0.246 e. The Bertz CT molecular complexity index is 663. The molecule has 0 unspecified atom stereocenters. The number of likely N-dealkylation sites (tertiary alicyclic amines) is 1. The largest absolute Gasteiger partial charge is 0.347 e. The van der Waals surface area contributed by atoms with E-state index < -0.39 is 0 Å². The normalized spacial score (nSPS) is 18.9. The first-order valence-electron chi connectivity index (χ1n) is 8.61. The van der Waals surface area contributed by atoms with E-state index in [0.29, 0.717) is 19.0 Å². The van der Waals surface area contributed by atoms with E-state index in [1.54, 1.807) is 22.8 Å². The molecule has 9 nitrogen and oxygen atoms in total. The Morgan fingerprint density at radius 2 is 2.00 bits per heavy atom. The third kappa shape index (κ3) is 3.92. The second-order valence-corrected chi connectivity index (χ2v) is 6.33. The number of piperazine rings is 1. The van der Waals surface area contributed by atoms with Gasteiger partial charge < -0.3 is 20.0 Å². The quantitative estimate of drug-likeness (QED) is 0.575. The van der Waals surface area contributed by atoms with Crippen molar-refractivity contribution in [3.05, 3.63) is 12.4 Å². The van der Waals surface area contributed by atoms with Crippen LogP contribution in [0.2, 0.25) is 0 Å². The van der Waals surface area contributed by atoms with E-state index in [0.717, 1.165) is 31.6 Å². The number of anilines is 1. The van der Waals surface area contributed by atoms with Gasteiger partial charge in [-0.2, -0.15) is 5.10 Å². The highest BCUT2D eigenvalue weighted by atomic mass is 16.2. The number of hydrogen-bond acceptors (Lipinski definition) is 4. The summed E-state index contributed by atoms with van der Waals surface area (Å²) < 4.78 is 1.68. The minimum Gasteiger partial charge on any atom is -0.347 e. The number of guanidine groups is 1. The topological polar surface area (TPSA) is 86.1 Å². The Hall–Kier alpha value is -2.58. The van der Waals surface area contributed by atoms with E-state index in [1.165, 1.54) is 0 Å². The van der Waals surface area contributed by atoms with Gasteiger partial charge >= 0.3 is 0 Å². The standard InChI is InChI=1S/C16H25N7O2/c1-17-16(18-10-14(24)21-5-3-4-6-21)22-7-8-23(15(25)12-22)13-9-19-20(2)11-13/h9,11H,3-8,10,12H2,1-2H3,(H,17,18). The van der Waals surface area contributed by atoms with Gasteiger partial charge in [-0.05, 0) is 12.8 Å². The number of hydrogen-bond donors (Lipinski definition) is 1. The molecule has 1 aromatic rings. The summed E-state index contributed by atoms with van der Waals surface area (Å²) in [5.74, 6) is 0.666. The van der Waals surface area contributed by atoms with Crippen LogP contribution < -0.4 is 10.2 Å². The van der Waals surface area contributed by atoms with Gasteiger partial charge in [-0.25, -0.2) is 0 Å². The number of nitrogens with one attached hydrogen (secondary N) is 1.